The molecule has 0 spiro atoms. The highest BCUT2D eigenvalue weighted by molar-refractivity contribution is 6.31. The maximum Gasteiger partial charge on any atom is 0.337 e. The first-order chi connectivity index (χ1) is 13.0. The minimum atomic E-state index is -1.13. The summed E-state index contributed by atoms with van der Waals surface area (Å²) in [6, 6.07) is 15.4. The number of aromatic carboxylic acids is 1. The van der Waals surface area contributed by atoms with E-state index in [2.05, 4.69) is 5.32 Å². The molecule has 0 saturated heterocycles. The number of rotatable bonds is 3. The summed E-state index contributed by atoms with van der Waals surface area (Å²) < 4.78 is 0. The zero-order valence-electron chi connectivity index (χ0n) is 13.9. The lowest BCUT2D eigenvalue weighted by Crippen LogP contribution is -2.22. The number of hydrogen-bond acceptors (Lipinski definition) is 5. The van der Waals surface area contributed by atoms with E-state index in [0.717, 1.165) is 0 Å². The standard InChI is InChI=1S/C21H13NO5/c23-16-10-9-15(22-14-8-4-3-7-13(14)21(26)27)17-18(16)20(25)12-6-2-1-5-11(12)19(17)24/h1-10,22-23H,(H,26,27). The molecule has 0 atom stereocenters. The average molecular weight is 359 g/mol. The van der Waals surface area contributed by atoms with Crippen LogP contribution >= 0.6 is 0 Å². The fraction of sp³-hybridized carbons (Fsp3) is 0. The van der Waals surface area contributed by atoms with Crippen molar-refractivity contribution in [2.24, 2.45) is 0 Å². The van der Waals surface area contributed by atoms with Gasteiger partial charge in [0.25, 0.3) is 0 Å². The molecule has 0 heterocycles. The van der Waals surface area contributed by atoms with Gasteiger partial charge >= 0.3 is 5.97 Å². The van der Waals surface area contributed by atoms with Crippen molar-refractivity contribution >= 4 is 28.9 Å². The molecule has 3 N–H and O–H groups in total. The van der Waals surface area contributed by atoms with Gasteiger partial charge in [0.15, 0.2) is 11.6 Å². The zero-order valence-corrected chi connectivity index (χ0v) is 13.9. The summed E-state index contributed by atoms with van der Waals surface area (Å²) in [6.07, 6.45) is 0. The Bertz CT molecular complexity index is 1130. The number of hydrogen-bond donors (Lipinski definition) is 3. The van der Waals surface area contributed by atoms with Gasteiger partial charge in [0.1, 0.15) is 5.75 Å². The van der Waals surface area contributed by atoms with Gasteiger partial charge in [0.05, 0.1) is 28.1 Å². The highest BCUT2D eigenvalue weighted by Gasteiger charge is 2.34. The molecule has 4 rings (SSSR count). The Morgan fingerprint density at radius 1 is 0.741 bits per heavy atom. The number of carboxylic acid groups (broad SMARTS) is 1. The van der Waals surface area contributed by atoms with Gasteiger partial charge in [-0.3, -0.25) is 9.59 Å². The number of nitrogens with one attached hydrogen (secondary N) is 1. The summed E-state index contributed by atoms with van der Waals surface area (Å²) in [5.41, 5.74) is 0.967. The monoisotopic (exact) mass is 359 g/mol. The molecule has 27 heavy (non-hydrogen) atoms. The van der Waals surface area contributed by atoms with Crippen molar-refractivity contribution < 1.29 is 24.6 Å². The minimum Gasteiger partial charge on any atom is -0.507 e. The molecule has 0 aliphatic heterocycles. The number of phenols is 1. The molecule has 0 saturated carbocycles. The largest absolute Gasteiger partial charge is 0.507 e. The van der Waals surface area contributed by atoms with Crippen molar-refractivity contribution in [2.75, 3.05) is 5.32 Å². The molecular weight excluding hydrogens is 346 g/mol. The van der Waals surface area contributed by atoms with Crippen molar-refractivity contribution in [3.8, 4) is 5.75 Å². The quantitative estimate of drug-likeness (QED) is 0.483. The van der Waals surface area contributed by atoms with Crippen molar-refractivity contribution in [3.05, 3.63) is 88.5 Å². The topological polar surface area (TPSA) is 104 Å². The lowest BCUT2D eigenvalue weighted by atomic mass is 9.82. The summed E-state index contributed by atoms with van der Waals surface area (Å²) in [4.78, 5) is 37.3. The Labute approximate surface area is 153 Å². The van der Waals surface area contributed by atoms with Gasteiger partial charge in [-0.1, -0.05) is 36.4 Å². The first-order valence-corrected chi connectivity index (χ1v) is 8.12. The predicted molar refractivity (Wildman–Crippen MR) is 98.1 cm³/mol. The summed E-state index contributed by atoms with van der Waals surface area (Å²) in [5.74, 6) is -2.28. The van der Waals surface area contributed by atoms with Crippen LogP contribution in [0.5, 0.6) is 5.75 Å². The van der Waals surface area contributed by atoms with Gasteiger partial charge in [-0.05, 0) is 24.3 Å². The highest BCUT2D eigenvalue weighted by Crippen LogP contribution is 2.38. The minimum absolute atomic E-state index is 0.0225. The lowest BCUT2D eigenvalue weighted by molar-refractivity contribution is 0.0697. The van der Waals surface area contributed by atoms with Crippen LogP contribution in [0, 0.1) is 0 Å². The number of benzene rings is 3. The van der Waals surface area contributed by atoms with Crippen molar-refractivity contribution in [1.29, 1.82) is 0 Å². The van der Waals surface area contributed by atoms with E-state index < -0.39 is 17.5 Å². The van der Waals surface area contributed by atoms with Crippen LogP contribution in [-0.4, -0.2) is 27.7 Å². The number of ketones is 2. The second kappa shape index (κ2) is 6.10. The van der Waals surface area contributed by atoms with Crippen LogP contribution in [0.1, 0.15) is 42.2 Å². The van der Waals surface area contributed by atoms with Crippen LogP contribution in [0.4, 0.5) is 11.4 Å². The molecule has 0 aromatic heterocycles. The van der Waals surface area contributed by atoms with E-state index in [4.69, 9.17) is 0 Å². The molecule has 1 aliphatic carbocycles. The lowest BCUT2D eigenvalue weighted by Gasteiger charge is -2.22. The molecule has 0 radical (unpaired) electrons. The van der Waals surface area contributed by atoms with Gasteiger partial charge < -0.3 is 15.5 Å². The molecule has 0 bridgehead atoms. The molecule has 132 valence electrons. The molecule has 6 nitrogen and oxygen atoms in total. The molecular formula is C21H13NO5. The number of carboxylic acids is 1. The van der Waals surface area contributed by atoms with E-state index in [1.165, 1.54) is 24.3 Å². The second-order valence-electron chi connectivity index (χ2n) is 6.06. The molecule has 6 heteroatoms. The summed E-state index contributed by atoms with van der Waals surface area (Å²) >= 11 is 0. The summed E-state index contributed by atoms with van der Waals surface area (Å²) in [7, 11) is 0. The summed E-state index contributed by atoms with van der Waals surface area (Å²) in [5, 5.41) is 22.5. The van der Waals surface area contributed by atoms with Gasteiger partial charge in [-0.25, -0.2) is 4.79 Å². The Hall–Kier alpha value is -3.93. The predicted octanol–water partition coefficient (Wildman–Crippen LogP) is 3.61. The number of carbonyl (C=O) groups excluding carboxylic acids is 2. The van der Waals surface area contributed by atoms with Crippen molar-refractivity contribution in [2.45, 2.75) is 0 Å². The Morgan fingerprint density at radius 3 is 2.00 bits per heavy atom. The molecule has 0 fully saturated rings. The number of para-hydroxylation sites is 1. The Morgan fingerprint density at radius 2 is 1.33 bits per heavy atom. The van der Waals surface area contributed by atoms with Gasteiger partial charge in [-0.15, -0.1) is 0 Å². The Kier molecular flexibility index (Phi) is 3.74. The van der Waals surface area contributed by atoms with Crippen molar-refractivity contribution in [1.82, 2.24) is 0 Å². The normalized spacial score (nSPS) is 12.3. The summed E-state index contributed by atoms with van der Waals surface area (Å²) in [6.45, 7) is 0. The number of carbonyl (C=O) groups is 3. The van der Waals surface area contributed by atoms with E-state index in [1.54, 1.807) is 36.4 Å². The van der Waals surface area contributed by atoms with E-state index in [0.29, 0.717) is 0 Å². The third-order valence-corrected chi connectivity index (χ3v) is 4.48. The van der Waals surface area contributed by atoms with E-state index in [9.17, 15) is 24.6 Å². The zero-order chi connectivity index (χ0) is 19.1. The average Bonchev–Trinajstić information content (AvgIpc) is 2.67. The van der Waals surface area contributed by atoms with Gasteiger partial charge in [-0.2, -0.15) is 0 Å². The fourth-order valence-electron chi connectivity index (χ4n) is 3.23. The molecule has 0 amide bonds. The van der Waals surface area contributed by atoms with Crippen LogP contribution in [0.15, 0.2) is 60.7 Å². The maximum atomic E-state index is 13.0. The van der Waals surface area contributed by atoms with E-state index in [-0.39, 0.29) is 44.9 Å². The maximum absolute atomic E-state index is 13.0. The second-order valence-corrected chi connectivity index (χ2v) is 6.06. The van der Waals surface area contributed by atoms with Crippen LogP contribution in [0.2, 0.25) is 0 Å². The first kappa shape index (κ1) is 16.5. The van der Waals surface area contributed by atoms with Crippen LogP contribution in [0.3, 0.4) is 0 Å². The van der Waals surface area contributed by atoms with Gasteiger partial charge in [0, 0.05) is 11.1 Å². The smallest absolute Gasteiger partial charge is 0.337 e. The van der Waals surface area contributed by atoms with Crippen molar-refractivity contribution in [3.63, 3.8) is 0 Å². The fourth-order valence-corrected chi connectivity index (χ4v) is 3.23. The molecule has 3 aromatic carbocycles. The highest BCUT2D eigenvalue weighted by atomic mass is 16.4. The third kappa shape index (κ3) is 2.55. The molecule has 0 unspecified atom stereocenters. The SMILES string of the molecule is O=C(O)c1ccccc1Nc1ccc(O)c2c1C(=O)c1ccccc1C2=O. The molecule has 3 aromatic rings. The van der Waals surface area contributed by atoms with Crippen LogP contribution < -0.4 is 5.32 Å². The third-order valence-electron chi connectivity index (χ3n) is 4.48. The number of anilines is 2. The van der Waals surface area contributed by atoms with Crippen LogP contribution in [-0.2, 0) is 0 Å². The Balaban J connectivity index is 1.90. The van der Waals surface area contributed by atoms with Gasteiger partial charge in [0.2, 0.25) is 0 Å². The van der Waals surface area contributed by atoms with Crippen LogP contribution in [0.25, 0.3) is 0 Å². The number of fused-ring (bicyclic) bond motifs is 2. The van der Waals surface area contributed by atoms with E-state index in [1.807, 2.05) is 0 Å². The number of aromatic hydroxyl groups is 1. The number of phenolic OH excluding ortho intramolecular Hbond substituents is 1. The van der Waals surface area contributed by atoms with E-state index >= 15 is 0 Å². The first-order valence-electron chi connectivity index (χ1n) is 8.12. The molecule has 1 aliphatic rings.